The summed E-state index contributed by atoms with van der Waals surface area (Å²) in [5, 5.41) is 9.15. The van der Waals surface area contributed by atoms with E-state index in [9.17, 15) is 4.79 Å². The van der Waals surface area contributed by atoms with Crippen molar-refractivity contribution in [1.29, 1.82) is 0 Å². The van der Waals surface area contributed by atoms with E-state index >= 15 is 0 Å². The van der Waals surface area contributed by atoms with Crippen molar-refractivity contribution in [2.75, 3.05) is 13.6 Å². The highest BCUT2D eigenvalue weighted by molar-refractivity contribution is 5.73. The maximum absolute atomic E-state index is 11.1. The molecule has 1 atom stereocenters. The van der Waals surface area contributed by atoms with Gasteiger partial charge in [-0.2, -0.15) is 0 Å². The lowest BCUT2D eigenvalue weighted by Gasteiger charge is -2.26. The molecule has 1 heterocycles. The minimum Gasteiger partial charge on any atom is -0.478 e. The van der Waals surface area contributed by atoms with Crippen LogP contribution in [-0.4, -0.2) is 40.6 Å². The second-order valence-electron chi connectivity index (χ2n) is 5.39. The number of unbranched alkanes of at least 4 members (excludes halogenated alkanes) is 7. The van der Waals surface area contributed by atoms with Crippen LogP contribution in [-0.2, 0) is 4.79 Å². The van der Waals surface area contributed by atoms with Crippen LogP contribution >= 0.6 is 0 Å². The Morgan fingerprint density at radius 1 is 1.05 bits per heavy atom. The molecule has 0 bridgehead atoms. The molecule has 0 aromatic heterocycles. The summed E-state index contributed by atoms with van der Waals surface area (Å²) in [5.74, 6) is -0.771. The van der Waals surface area contributed by atoms with Gasteiger partial charge < -0.3 is 14.9 Å². The summed E-state index contributed by atoms with van der Waals surface area (Å²) in [6.45, 7) is 3.08. The molecule has 1 aliphatic rings. The van der Waals surface area contributed by atoms with E-state index in [4.69, 9.17) is 5.11 Å². The predicted molar refractivity (Wildman–Crippen MR) is 77.6 cm³/mol. The van der Waals surface area contributed by atoms with E-state index in [0.717, 1.165) is 13.0 Å². The SMILES string of the molecule is CCCCCCCCCCN1C=CN(C)C1C(=O)O. The van der Waals surface area contributed by atoms with Crippen molar-refractivity contribution in [1.82, 2.24) is 9.80 Å². The Morgan fingerprint density at radius 2 is 1.63 bits per heavy atom. The molecular formula is C15H28N2O2. The summed E-state index contributed by atoms with van der Waals surface area (Å²) in [5.41, 5.74) is 0. The summed E-state index contributed by atoms with van der Waals surface area (Å²) in [4.78, 5) is 14.8. The quantitative estimate of drug-likeness (QED) is 0.618. The molecule has 0 amide bonds. The van der Waals surface area contributed by atoms with Gasteiger partial charge in [0, 0.05) is 26.0 Å². The first-order valence-corrected chi connectivity index (χ1v) is 7.55. The fourth-order valence-corrected chi connectivity index (χ4v) is 2.53. The van der Waals surface area contributed by atoms with Gasteiger partial charge in [-0.15, -0.1) is 0 Å². The molecular weight excluding hydrogens is 240 g/mol. The topological polar surface area (TPSA) is 43.8 Å². The highest BCUT2D eigenvalue weighted by atomic mass is 16.4. The molecule has 0 spiro atoms. The van der Waals surface area contributed by atoms with Crippen LogP contribution in [0, 0.1) is 0 Å². The molecule has 0 radical (unpaired) electrons. The maximum atomic E-state index is 11.1. The maximum Gasteiger partial charge on any atom is 0.347 e. The number of hydrogen-bond donors (Lipinski definition) is 1. The minimum atomic E-state index is -0.771. The van der Waals surface area contributed by atoms with Gasteiger partial charge in [0.2, 0.25) is 6.17 Å². The van der Waals surface area contributed by atoms with Gasteiger partial charge in [0.25, 0.3) is 0 Å². The largest absolute Gasteiger partial charge is 0.478 e. The Bertz CT molecular complexity index is 292. The zero-order valence-electron chi connectivity index (χ0n) is 12.3. The highest BCUT2D eigenvalue weighted by Crippen LogP contribution is 2.16. The minimum absolute atomic E-state index is 0.510. The van der Waals surface area contributed by atoms with Gasteiger partial charge >= 0.3 is 5.97 Å². The third-order valence-corrected chi connectivity index (χ3v) is 3.68. The van der Waals surface area contributed by atoms with Gasteiger partial charge in [-0.1, -0.05) is 51.9 Å². The lowest BCUT2D eigenvalue weighted by Crippen LogP contribution is -2.43. The Hall–Kier alpha value is -1.19. The van der Waals surface area contributed by atoms with E-state index in [1.54, 1.807) is 4.90 Å². The Labute approximate surface area is 117 Å². The fraction of sp³-hybridized carbons (Fsp3) is 0.800. The van der Waals surface area contributed by atoms with Gasteiger partial charge in [-0.3, -0.25) is 0 Å². The first-order valence-electron chi connectivity index (χ1n) is 7.55. The monoisotopic (exact) mass is 268 g/mol. The van der Waals surface area contributed by atoms with Crippen LogP contribution in [0.4, 0.5) is 0 Å². The Kier molecular flexibility index (Phi) is 7.38. The van der Waals surface area contributed by atoms with Crippen molar-refractivity contribution in [2.24, 2.45) is 0 Å². The zero-order chi connectivity index (χ0) is 14.1. The molecule has 1 aliphatic heterocycles. The second kappa shape index (κ2) is 8.83. The second-order valence-corrected chi connectivity index (χ2v) is 5.39. The van der Waals surface area contributed by atoms with Crippen molar-refractivity contribution in [3.8, 4) is 0 Å². The van der Waals surface area contributed by atoms with E-state index in [2.05, 4.69) is 6.92 Å². The fourth-order valence-electron chi connectivity index (χ4n) is 2.53. The van der Waals surface area contributed by atoms with Crippen LogP contribution in [0.5, 0.6) is 0 Å². The number of carboxylic acids is 1. The van der Waals surface area contributed by atoms with Crippen LogP contribution in [0.2, 0.25) is 0 Å². The third kappa shape index (κ3) is 5.53. The number of carboxylic acid groups (broad SMARTS) is 1. The van der Waals surface area contributed by atoms with Gasteiger partial charge in [0.15, 0.2) is 0 Å². The smallest absolute Gasteiger partial charge is 0.347 e. The van der Waals surface area contributed by atoms with E-state index in [1.165, 1.54) is 44.9 Å². The summed E-state index contributed by atoms with van der Waals surface area (Å²) in [7, 11) is 1.81. The van der Waals surface area contributed by atoms with Crippen LogP contribution in [0.25, 0.3) is 0 Å². The molecule has 1 rings (SSSR count). The van der Waals surface area contributed by atoms with Crippen LogP contribution in [0.1, 0.15) is 58.3 Å². The van der Waals surface area contributed by atoms with Crippen molar-refractivity contribution < 1.29 is 9.90 Å². The van der Waals surface area contributed by atoms with Gasteiger partial charge in [-0.05, 0) is 6.42 Å². The van der Waals surface area contributed by atoms with Crippen molar-refractivity contribution in [2.45, 2.75) is 64.5 Å². The number of hydrogen-bond acceptors (Lipinski definition) is 3. The van der Waals surface area contributed by atoms with E-state index in [0.29, 0.717) is 0 Å². The van der Waals surface area contributed by atoms with E-state index in [1.807, 2.05) is 24.3 Å². The molecule has 1 unspecified atom stereocenters. The highest BCUT2D eigenvalue weighted by Gasteiger charge is 2.29. The molecule has 0 saturated heterocycles. The number of nitrogens with zero attached hydrogens (tertiary/aromatic N) is 2. The summed E-state index contributed by atoms with van der Waals surface area (Å²) < 4.78 is 0. The molecule has 0 fully saturated rings. The standard InChI is InChI=1S/C15H28N2O2/c1-3-4-5-6-7-8-9-10-11-17-13-12-16(2)14(17)15(18)19/h12-14H,3-11H2,1-2H3,(H,18,19). The molecule has 0 saturated carbocycles. The van der Waals surface area contributed by atoms with Crippen molar-refractivity contribution in [3.63, 3.8) is 0 Å². The molecule has 0 aromatic carbocycles. The first-order chi connectivity index (χ1) is 9.16. The Balaban J connectivity index is 2.06. The molecule has 0 aromatic rings. The van der Waals surface area contributed by atoms with Crippen LogP contribution < -0.4 is 0 Å². The number of likely N-dealkylation sites (N-methyl/N-ethyl adjacent to an activating group) is 1. The van der Waals surface area contributed by atoms with Gasteiger partial charge in [0.1, 0.15) is 0 Å². The average molecular weight is 268 g/mol. The zero-order valence-corrected chi connectivity index (χ0v) is 12.3. The normalized spacial score (nSPS) is 18.3. The van der Waals surface area contributed by atoms with Crippen molar-refractivity contribution >= 4 is 5.97 Å². The number of aliphatic carboxylic acids is 1. The van der Waals surface area contributed by atoms with E-state index < -0.39 is 12.1 Å². The first kappa shape index (κ1) is 15.9. The average Bonchev–Trinajstić information content (AvgIpc) is 2.74. The van der Waals surface area contributed by atoms with Crippen LogP contribution in [0.15, 0.2) is 12.4 Å². The molecule has 4 heteroatoms. The summed E-state index contributed by atoms with van der Waals surface area (Å²) >= 11 is 0. The Morgan fingerprint density at radius 3 is 2.21 bits per heavy atom. The lowest BCUT2D eigenvalue weighted by molar-refractivity contribution is -0.146. The number of carbonyl (C=O) groups is 1. The molecule has 4 nitrogen and oxygen atoms in total. The predicted octanol–water partition coefficient (Wildman–Crippen LogP) is 3.26. The third-order valence-electron chi connectivity index (χ3n) is 3.68. The van der Waals surface area contributed by atoms with Gasteiger partial charge in [0.05, 0.1) is 0 Å². The molecule has 19 heavy (non-hydrogen) atoms. The molecule has 110 valence electrons. The summed E-state index contributed by atoms with van der Waals surface area (Å²) in [6.07, 6.45) is 13.4. The van der Waals surface area contributed by atoms with Crippen molar-refractivity contribution in [3.05, 3.63) is 12.4 Å². The van der Waals surface area contributed by atoms with Crippen LogP contribution in [0.3, 0.4) is 0 Å². The number of rotatable bonds is 10. The lowest BCUT2D eigenvalue weighted by atomic mass is 10.1. The van der Waals surface area contributed by atoms with Gasteiger partial charge in [-0.25, -0.2) is 4.79 Å². The summed E-state index contributed by atoms with van der Waals surface area (Å²) in [6, 6.07) is 0. The van der Waals surface area contributed by atoms with E-state index in [-0.39, 0.29) is 0 Å². The molecule has 0 aliphatic carbocycles. The molecule has 1 N–H and O–H groups in total.